The van der Waals surface area contributed by atoms with E-state index in [0.29, 0.717) is 30.3 Å². The van der Waals surface area contributed by atoms with E-state index >= 15 is 0 Å². The molecule has 2 aliphatic heterocycles. The van der Waals surface area contributed by atoms with Gasteiger partial charge in [-0.25, -0.2) is 0 Å². The summed E-state index contributed by atoms with van der Waals surface area (Å²) in [7, 11) is 3.11. The van der Waals surface area contributed by atoms with Gasteiger partial charge in [0.2, 0.25) is 11.8 Å². The molecule has 1 N–H and O–H groups in total. The maximum Gasteiger partial charge on any atom is 0.229 e. The number of carbonyl (C=O) groups is 2. The van der Waals surface area contributed by atoms with E-state index in [9.17, 15) is 9.59 Å². The molecule has 148 valence electrons. The Labute approximate surface area is 159 Å². The van der Waals surface area contributed by atoms with Gasteiger partial charge in [0.25, 0.3) is 0 Å². The molecule has 0 aromatic heterocycles. The Morgan fingerprint density at radius 1 is 1.22 bits per heavy atom. The monoisotopic (exact) mass is 377 g/mol. The predicted molar refractivity (Wildman–Crippen MR) is 100 cm³/mol. The fourth-order valence-electron chi connectivity index (χ4n) is 3.40. The van der Waals surface area contributed by atoms with Gasteiger partial charge >= 0.3 is 0 Å². The Hall–Kier alpha value is -2.32. The summed E-state index contributed by atoms with van der Waals surface area (Å²) in [6.07, 6.45) is 0.237. The number of carbonyl (C=O) groups excluding carboxylic acids is 2. The van der Waals surface area contributed by atoms with Gasteiger partial charge < -0.3 is 24.4 Å². The molecule has 8 nitrogen and oxygen atoms in total. The average molecular weight is 377 g/mol. The van der Waals surface area contributed by atoms with Gasteiger partial charge in [-0.1, -0.05) is 0 Å². The first-order valence-electron chi connectivity index (χ1n) is 9.21. The van der Waals surface area contributed by atoms with Crippen molar-refractivity contribution in [1.29, 1.82) is 0 Å². The van der Waals surface area contributed by atoms with Gasteiger partial charge in [0, 0.05) is 45.2 Å². The zero-order valence-corrected chi connectivity index (χ0v) is 15.9. The number of hydrogen-bond donors (Lipinski definition) is 1. The number of anilines is 1. The van der Waals surface area contributed by atoms with E-state index in [1.807, 2.05) is 0 Å². The number of likely N-dealkylation sites (tertiary alicyclic amines) is 1. The number of methoxy groups -OCH3 is 2. The van der Waals surface area contributed by atoms with Crippen LogP contribution in [0.3, 0.4) is 0 Å². The largest absolute Gasteiger partial charge is 0.497 e. The minimum absolute atomic E-state index is 0.0287. The van der Waals surface area contributed by atoms with Crippen molar-refractivity contribution in [3.63, 3.8) is 0 Å². The third-order valence-corrected chi connectivity index (χ3v) is 5.04. The number of morpholine rings is 1. The van der Waals surface area contributed by atoms with Crippen LogP contribution in [0.2, 0.25) is 0 Å². The van der Waals surface area contributed by atoms with Crippen molar-refractivity contribution in [3.8, 4) is 11.5 Å². The normalized spacial score (nSPS) is 20.6. The molecule has 8 heteroatoms. The van der Waals surface area contributed by atoms with Crippen molar-refractivity contribution >= 4 is 17.5 Å². The van der Waals surface area contributed by atoms with Gasteiger partial charge in [0.15, 0.2) is 0 Å². The molecular formula is C19H27N3O5. The fraction of sp³-hybridized carbons (Fsp3) is 0.579. The second-order valence-electron chi connectivity index (χ2n) is 6.75. The minimum atomic E-state index is -0.363. The molecular weight excluding hydrogens is 350 g/mol. The lowest BCUT2D eigenvalue weighted by atomic mass is 10.1. The summed E-state index contributed by atoms with van der Waals surface area (Å²) in [5.74, 6) is 0.668. The van der Waals surface area contributed by atoms with E-state index in [1.165, 1.54) is 0 Å². The van der Waals surface area contributed by atoms with Gasteiger partial charge in [-0.3, -0.25) is 14.5 Å². The molecule has 27 heavy (non-hydrogen) atoms. The molecule has 0 bridgehead atoms. The summed E-state index contributed by atoms with van der Waals surface area (Å²) in [6.45, 7) is 5.16. The highest BCUT2D eigenvalue weighted by atomic mass is 16.5. The first kappa shape index (κ1) is 19.4. The molecule has 1 aromatic rings. The van der Waals surface area contributed by atoms with Gasteiger partial charge in [0.05, 0.1) is 39.0 Å². The van der Waals surface area contributed by atoms with Gasteiger partial charge in [-0.2, -0.15) is 0 Å². The molecule has 2 saturated heterocycles. The SMILES string of the molecule is COc1ccc(OC)c(NC(=O)C2CC(=O)N(CCN3CCOCC3)C2)c1. The van der Waals surface area contributed by atoms with E-state index in [1.54, 1.807) is 37.3 Å². The quantitative estimate of drug-likeness (QED) is 0.758. The molecule has 0 radical (unpaired) electrons. The van der Waals surface area contributed by atoms with Crippen LogP contribution in [0, 0.1) is 5.92 Å². The van der Waals surface area contributed by atoms with Crippen molar-refractivity contribution in [2.24, 2.45) is 5.92 Å². The van der Waals surface area contributed by atoms with Crippen molar-refractivity contribution < 1.29 is 23.8 Å². The highest BCUT2D eigenvalue weighted by Gasteiger charge is 2.34. The molecule has 1 unspecified atom stereocenters. The number of rotatable bonds is 7. The summed E-state index contributed by atoms with van der Waals surface area (Å²) in [5.41, 5.74) is 0.543. The van der Waals surface area contributed by atoms with Crippen LogP contribution in [-0.2, 0) is 14.3 Å². The lowest BCUT2D eigenvalue weighted by molar-refractivity contribution is -0.128. The van der Waals surface area contributed by atoms with Crippen LogP contribution in [0.4, 0.5) is 5.69 Å². The Morgan fingerprint density at radius 3 is 2.70 bits per heavy atom. The summed E-state index contributed by atoms with van der Waals surface area (Å²) >= 11 is 0. The van der Waals surface area contributed by atoms with Crippen molar-refractivity contribution in [1.82, 2.24) is 9.80 Å². The van der Waals surface area contributed by atoms with Gasteiger partial charge in [0.1, 0.15) is 11.5 Å². The van der Waals surface area contributed by atoms with Gasteiger partial charge in [-0.15, -0.1) is 0 Å². The average Bonchev–Trinajstić information content (AvgIpc) is 3.08. The summed E-state index contributed by atoms with van der Waals surface area (Å²) < 4.78 is 15.8. The number of amides is 2. The molecule has 1 atom stereocenters. The van der Waals surface area contributed by atoms with E-state index in [4.69, 9.17) is 14.2 Å². The lowest BCUT2D eigenvalue weighted by Crippen LogP contribution is -2.42. The highest BCUT2D eigenvalue weighted by Crippen LogP contribution is 2.30. The Balaban J connectivity index is 1.55. The van der Waals surface area contributed by atoms with E-state index in [-0.39, 0.29) is 24.2 Å². The Kier molecular flexibility index (Phi) is 6.52. The third-order valence-electron chi connectivity index (χ3n) is 5.04. The number of ether oxygens (including phenoxy) is 3. The third kappa shape index (κ3) is 4.90. The molecule has 0 saturated carbocycles. The topological polar surface area (TPSA) is 80.3 Å². The lowest BCUT2D eigenvalue weighted by Gasteiger charge is -2.28. The van der Waals surface area contributed by atoms with Crippen LogP contribution in [0.25, 0.3) is 0 Å². The van der Waals surface area contributed by atoms with Crippen LogP contribution in [0.15, 0.2) is 18.2 Å². The number of hydrogen-bond acceptors (Lipinski definition) is 6. The molecule has 1 aromatic carbocycles. The van der Waals surface area contributed by atoms with E-state index in [2.05, 4.69) is 10.2 Å². The first-order valence-corrected chi connectivity index (χ1v) is 9.21. The second-order valence-corrected chi connectivity index (χ2v) is 6.75. The van der Waals surface area contributed by atoms with E-state index < -0.39 is 0 Å². The van der Waals surface area contributed by atoms with Crippen LogP contribution >= 0.6 is 0 Å². The Morgan fingerprint density at radius 2 is 2.00 bits per heavy atom. The van der Waals surface area contributed by atoms with Crippen LogP contribution < -0.4 is 14.8 Å². The van der Waals surface area contributed by atoms with Crippen LogP contribution in [-0.4, -0.2) is 81.8 Å². The number of benzene rings is 1. The molecule has 0 aliphatic carbocycles. The maximum absolute atomic E-state index is 12.7. The second kappa shape index (κ2) is 9.05. The van der Waals surface area contributed by atoms with E-state index in [0.717, 1.165) is 32.8 Å². The van der Waals surface area contributed by atoms with Crippen molar-refractivity contribution in [2.75, 3.05) is 65.5 Å². The standard InChI is InChI=1S/C19H27N3O5/c1-25-15-3-4-17(26-2)16(12-15)20-19(24)14-11-18(23)22(13-14)6-5-21-7-9-27-10-8-21/h3-4,12,14H,5-11,13H2,1-2H3,(H,20,24). The number of nitrogens with one attached hydrogen (secondary N) is 1. The van der Waals surface area contributed by atoms with Crippen molar-refractivity contribution in [3.05, 3.63) is 18.2 Å². The molecule has 0 spiro atoms. The maximum atomic E-state index is 12.7. The zero-order chi connectivity index (χ0) is 19.2. The van der Waals surface area contributed by atoms with Crippen molar-refractivity contribution in [2.45, 2.75) is 6.42 Å². The molecule has 2 amide bonds. The van der Waals surface area contributed by atoms with Crippen LogP contribution in [0.1, 0.15) is 6.42 Å². The summed E-state index contributed by atoms with van der Waals surface area (Å²) in [4.78, 5) is 29.0. The molecule has 2 fully saturated rings. The van der Waals surface area contributed by atoms with Gasteiger partial charge in [-0.05, 0) is 12.1 Å². The fourth-order valence-corrected chi connectivity index (χ4v) is 3.40. The zero-order valence-electron chi connectivity index (χ0n) is 15.9. The Bertz CT molecular complexity index is 675. The van der Waals surface area contributed by atoms with Crippen LogP contribution in [0.5, 0.6) is 11.5 Å². The summed E-state index contributed by atoms with van der Waals surface area (Å²) in [6, 6.07) is 5.22. The highest BCUT2D eigenvalue weighted by molar-refractivity contribution is 5.98. The summed E-state index contributed by atoms with van der Waals surface area (Å²) in [5, 5.41) is 2.87. The molecule has 2 aliphatic rings. The minimum Gasteiger partial charge on any atom is -0.497 e. The first-order chi connectivity index (χ1) is 13.1. The number of nitrogens with zero attached hydrogens (tertiary/aromatic N) is 2. The smallest absolute Gasteiger partial charge is 0.229 e. The predicted octanol–water partition coefficient (Wildman–Crippen LogP) is 0.823. The molecule has 2 heterocycles. The molecule has 3 rings (SSSR count).